The minimum Gasteiger partial charge on any atom is -0.359 e. The van der Waals surface area contributed by atoms with E-state index in [-0.39, 0.29) is 6.17 Å². The van der Waals surface area contributed by atoms with E-state index in [1.807, 2.05) is 0 Å². The smallest absolute Gasteiger partial charge is 0.146 e. The predicted octanol–water partition coefficient (Wildman–Crippen LogP) is 11.6. The first kappa shape index (κ1) is 28.0. The van der Waals surface area contributed by atoms with Gasteiger partial charge in [0.05, 0.1) is 5.71 Å². The van der Waals surface area contributed by atoms with Gasteiger partial charge in [-0.3, -0.25) is 4.99 Å². The minimum absolute atomic E-state index is 0.267. The van der Waals surface area contributed by atoms with E-state index in [1.165, 1.54) is 54.6 Å². The molecular weight excluding hydrogens is 581 g/mol. The van der Waals surface area contributed by atoms with Crippen LogP contribution in [0.1, 0.15) is 22.9 Å². The van der Waals surface area contributed by atoms with Crippen molar-refractivity contribution >= 4 is 43.7 Å². The molecule has 1 aliphatic rings. The second-order valence-corrected chi connectivity index (χ2v) is 12.3. The summed E-state index contributed by atoms with van der Waals surface area (Å²) >= 11 is 0. The second-order valence-electron chi connectivity index (χ2n) is 12.3. The van der Waals surface area contributed by atoms with Gasteiger partial charge in [-0.05, 0) is 77.8 Å². The molecule has 2 heteroatoms. The molecule has 1 heterocycles. The molecule has 2 nitrogen and oxygen atoms in total. The third-order valence-electron chi connectivity index (χ3n) is 9.52. The lowest BCUT2D eigenvalue weighted by atomic mass is 9.88. The van der Waals surface area contributed by atoms with Crippen molar-refractivity contribution in [2.24, 2.45) is 4.99 Å². The van der Waals surface area contributed by atoms with E-state index in [4.69, 9.17) is 4.99 Å². The molecule has 0 bridgehead atoms. The maximum atomic E-state index is 5.32. The standard InChI is InChI=1S/C46H32N2/c1-3-15-31(16-4-1)44-30-45(32-17-5-2-6-18-32)48-46(47-44)42-26-14-13-24-39(42)35-20-8-7-19-34(35)33-27-28-41-38-23-10-9-21-36(38)37-22-11-12-25-40(37)43(41)29-33/h1-30,46-47H. The molecule has 0 saturated carbocycles. The Balaban J connectivity index is 1.20. The topological polar surface area (TPSA) is 24.4 Å². The summed E-state index contributed by atoms with van der Waals surface area (Å²) in [5.41, 5.74) is 10.2. The van der Waals surface area contributed by atoms with Crippen LogP contribution in [-0.4, -0.2) is 5.71 Å². The Hall–Kier alpha value is -6.25. The number of benzene rings is 8. The Bertz CT molecular complexity index is 2490. The summed E-state index contributed by atoms with van der Waals surface area (Å²) in [6, 6.07) is 63.0. The number of nitrogens with zero attached hydrogens (tertiary/aromatic N) is 1. The summed E-state index contributed by atoms with van der Waals surface area (Å²) in [6.07, 6.45) is 1.90. The molecule has 226 valence electrons. The van der Waals surface area contributed by atoms with Crippen LogP contribution in [0.3, 0.4) is 0 Å². The van der Waals surface area contributed by atoms with Crippen molar-refractivity contribution in [3.63, 3.8) is 0 Å². The zero-order chi connectivity index (χ0) is 31.9. The van der Waals surface area contributed by atoms with Crippen molar-refractivity contribution in [3.05, 3.63) is 199 Å². The van der Waals surface area contributed by atoms with Gasteiger partial charge in [0.15, 0.2) is 0 Å². The number of hydrogen-bond donors (Lipinski definition) is 1. The molecular formula is C46H32N2. The highest BCUT2D eigenvalue weighted by atomic mass is 15.1. The number of nitrogens with one attached hydrogen (secondary N) is 1. The van der Waals surface area contributed by atoms with Crippen LogP contribution in [0, 0.1) is 0 Å². The SMILES string of the molecule is C1=C(c2ccccc2)NC(c2ccccc2-c2ccccc2-c2ccc3c4ccccc4c4ccccc4c3c2)N=C1c1ccccc1. The largest absolute Gasteiger partial charge is 0.359 e. The van der Waals surface area contributed by atoms with Crippen LogP contribution in [0.5, 0.6) is 0 Å². The van der Waals surface area contributed by atoms with Gasteiger partial charge in [-0.1, -0.05) is 170 Å². The van der Waals surface area contributed by atoms with Crippen molar-refractivity contribution in [1.29, 1.82) is 0 Å². The van der Waals surface area contributed by atoms with Gasteiger partial charge in [-0.15, -0.1) is 0 Å². The van der Waals surface area contributed by atoms with E-state index in [1.54, 1.807) is 0 Å². The fourth-order valence-electron chi connectivity index (χ4n) is 7.26. The van der Waals surface area contributed by atoms with Crippen LogP contribution in [0.2, 0.25) is 0 Å². The normalized spacial score (nSPS) is 14.5. The Morgan fingerprint density at radius 1 is 0.375 bits per heavy atom. The van der Waals surface area contributed by atoms with Crippen LogP contribution in [0.15, 0.2) is 187 Å². The predicted molar refractivity (Wildman–Crippen MR) is 203 cm³/mol. The third kappa shape index (κ3) is 4.87. The van der Waals surface area contributed by atoms with Crippen LogP contribution in [0.25, 0.3) is 60.3 Å². The molecule has 1 N–H and O–H groups in total. The second kappa shape index (κ2) is 11.8. The van der Waals surface area contributed by atoms with Gasteiger partial charge in [0.25, 0.3) is 0 Å². The maximum Gasteiger partial charge on any atom is 0.146 e. The van der Waals surface area contributed by atoms with Crippen molar-refractivity contribution < 1.29 is 0 Å². The number of hydrogen-bond acceptors (Lipinski definition) is 2. The van der Waals surface area contributed by atoms with Gasteiger partial charge in [-0.2, -0.15) is 0 Å². The molecule has 8 aromatic carbocycles. The quantitative estimate of drug-likeness (QED) is 0.192. The summed E-state index contributed by atoms with van der Waals surface area (Å²) in [4.78, 5) is 5.32. The van der Waals surface area contributed by atoms with E-state index in [0.29, 0.717) is 0 Å². The maximum absolute atomic E-state index is 5.32. The summed E-state index contributed by atoms with van der Waals surface area (Å²) in [5, 5.41) is 11.5. The molecule has 0 amide bonds. The Morgan fingerprint density at radius 2 is 0.875 bits per heavy atom. The first-order valence-electron chi connectivity index (χ1n) is 16.5. The van der Waals surface area contributed by atoms with E-state index in [2.05, 4.69) is 187 Å². The van der Waals surface area contributed by atoms with Gasteiger partial charge in [0.1, 0.15) is 6.17 Å². The molecule has 0 aromatic heterocycles. The summed E-state index contributed by atoms with van der Waals surface area (Å²) < 4.78 is 0. The lowest BCUT2D eigenvalue weighted by Crippen LogP contribution is -2.25. The molecule has 1 atom stereocenters. The molecule has 9 rings (SSSR count). The number of fused-ring (bicyclic) bond motifs is 6. The third-order valence-corrected chi connectivity index (χ3v) is 9.52. The first-order chi connectivity index (χ1) is 23.8. The van der Waals surface area contributed by atoms with Crippen LogP contribution in [0.4, 0.5) is 0 Å². The fraction of sp³-hybridized carbons (Fsp3) is 0.0217. The fourth-order valence-corrected chi connectivity index (χ4v) is 7.26. The van der Waals surface area contributed by atoms with Crippen LogP contribution < -0.4 is 5.32 Å². The average molecular weight is 613 g/mol. The number of rotatable bonds is 5. The average Bonchev–Trinajstić information content (AvgIpc) is 3.18. The van der Waals surface area contributed by atoms with Crippen molar-refractivity contribution in [3.8, 4) is 22.3 Å². The number of aliphatic imine (C=N–C) groups is 1. The summed E-state index contributed by atoms with van der Waals surface area (Å²) in [6.45, 7) is 0. The highest BCUT2D eigenvalue weighted by Crippen LogP contribution is 2.41. The minimum atomic E-state index is -0.267. The van der Waals surface area contributed by atoms with Crippen LogP contribution in [-0.2, 0) is 0 Å². The van der Waals surface area contributed by atoms with Gasteiger partial charge >= 0.3 is 0 Å². The molecule has 1 unspecified atom stereocenters. The molecule has 0 spiro atoms. The molecule has 48 heavy (non-hydrogen) atoms. The Morgan fingerprint density at radius 3 is 1.54 bits per heavy atom. The Labute approximate surface area is 280 Å². The molecule has 1 aliphatic heterocycles. The van der Waals surface area contributed by atoms with E-state index in [9.17, 15) is 0 Å². The zero-order valence-electron chi connectivity index (χ0n) is 26.3. The lowest BCUT2D eigenvalue weighted by molar-refractivity contribution is 0.665. The van der Waals surface area contributed by atoms with Gasteiger partial charge in [0, 0.05) is 11.3 Å². The molecule has 0 radical (unpaired) electrons. The summed E-state index contributed by atoms with van der Waals surface area (Å²) in [5.74, 6) is 0. The monoisotopic (exact) mass is 612 g/mol. The number of allylic oxidation sites excluding steroid dienone is 1. The Kier molecular flexibility index (Phi) is 6.91. The van der Waals surface area contributed by atoms with E-state index < -0.39 is 0 Å². The summed E-state index contributed by atoms with van der Waals surface area (Å²) in [7, 11) is 0. The van der Waals surface area contributed by atoms with Gasteiger partial charge < -0.3 is 5.32 Å². The van der Waals surface area contributed by atoms with Gasteiger partial charge in [0.2, 0.25) is 0 Å². The molecule has 0 aliphatic carbocycles. The van der Waals surface area contributed by atoms with Crippen molar-refractivity contribution in [1.82, 2.24) is 5.32 Å². The lowest BCUT2D eigenvalue weighted by Gasteiger charge is -2.27. The molecule has 8 aromatic rings. The van der Waals surface area contributed by atoms with Crippen molar-refractivity contribution in [2.75, 3.05) is 0 Å². The molecule has 0 fully saturated rings. The van der Waals surface area contributed by atoms with Crippen LogP contribution >= 0.6 is 0 Å². The zero-order valence-corrected chi connectivity index (χ0v) is 26.3. The van der Waals surface area contributed by atoms with Crippen molar-refractivity contribution in [2.45, 2.75) is 6.17 Å². The van der Waals surface area contributed by atoms with E-state index in [0.717, 1.165) is 28.1 Å². The highest BCUT2D eigenvalue weighted by Gasteiger charge is 2.23. The molecule has 0 saturated heterocycles. The van der Waals surface area contributed by atoms with E-state index >= 15 is 0 Å². The first-order valence-corrected chi connectivity index (χ1v) is 16.5. The van der Waals surface area contributed by atoms with Gasteiger partial charge in [-0.25, -0.2) is 0 Å². The highest BCUT2D eigenvalue weighted by molar-refractivity contribution is 6.25.